The van der Waals surface area contributed by atoms with Crippen LogP contribution in [0.5, 0.6) is 0 Å². The molecular weight excluding hydrogens is 408 g/mol. The smallest absolute Gasteiger partial charge is 0.412 e. The van der Waals surface area contributed by atoms with E-state index in [4.69, 9.17) is 16.3 Å². The van der Waals surface area contributed by atoms with Gasteiger partial charge in [-0.25, -0.2) is 19.7 Å². The minimum atomic E-state index is -1.04. The van der Waals surface area contributed by atoms with Gasteiger partial charge in [-0.05, 0) is 45.0 Å². The van der Waals surface area contributed by atoms with E-state index in [1.807, 2.05) is 6.92 Å². The lowest BCUT2D eigenvalue weighted by molar-refractivity contribution is 0.0584. The summed E-state index contributed by atoms with van der Waals surface area (Å²) in [4.78, 5) is 43.7. The molecule has 2 aromatic rings. The molecule has 2 aliphatic heterocycles. The molecule has 1 saturated heterocycles. The average Bonchev–Trinajstić information content (AvgIpc) is 3.37. The Balaban J connectivity index is 1.55. The normalized spacial score (nSPS) is 18.5. The molecule has 1 unspecified atom stereocenters. The van der Waals surface area contributed by atoms with E-state index in [-0.39, 0.29) is 5.69 Å². The van der Waals surface area contributed by atoms with Crippen molar-refractivity contribution < 1.29 is 14.3 Å². The van der Waals surface area contributed by atoms with E-state index >= 15 is 0 Å². The van der Waals surface area contributed by atoms with Gasteiger partial charge in [0.25, 0.3) is 5.91 Å². The van der Waals surface area contributed by atoms with Gasteiger partial charge in [0.2, 0.25) is 6.23 Å². The number of aromatic nitrogens is 3. The third-order valence-corrected chi connectivity index (χ3v) is 5.54. The topological polar surface area (TPSA) is 91.8 Å². The minimum Gasteiger partial charge on any atom is -0.419 e. The zero-order chi connectivity index (χ0) is 21.1. The van der Waals surface area contributed by atoms with E-state index in [1.165, 1.54) is 36.3 Å². The van der Waals surface area contributed by atoms with Crippen LogP contribution in [0.4, 0.5) is 10.6 Å². The lowest BCUT2D eigenvalue weighted by Gasteiger charge is -2.28. The third-order valence-electron chi connectivity index (χ3n) is 5.31. The number of amides is 2. The molecule has 0 aliphatic carbocycles. The first kappa shape index (κ1) is 20.5. The first-order valence-corrected chi connectivity index (χ1v) is 10.4. The predicted octanol–water partition coefficient (Wildman–Crippen LogP) is 2.74. The first-order valence-electron chi connectivity index (χ1n) is 10.0. The van der Waals surface area contributed by atoms with Gasteiger partial charge in [-0.15, -0.1) is 0 Å². The SMILES string of the molecule is CCN(CCN1CCCC1)C(=O)OC1c2nccnc2C(=O)N1c1ccc(Cl)cn1. The van der Waals surface area contributed by atoms with Crippen molar-refractivity contribution in [3.05, 3.63) is 47.1 Å². The maximum atomic E-state index is 13.0. The number of carbonyl (C=O) groups excluding carboxylic acids is 2. The molecule has 1 fully saturated rings. The molecule has 0 radical (unpaired) electrons. The van der Waals surface area contributed by atoms with Crippen molar-refractivity contribution in [1.29, 1.82) is 0 Å². The number of pyridine rings is 1. The van der Waals surface area contributed by atoms with E-state index in [1.54, 1.807) is 17.0 Å². The van der Waals surface area contributed by atoms with Crippen LogP contribution in [-0.4, -0.2) is 69.5 Å². The standard InChI is InChI=1S/C20H23ClN6O3/c1-2-26(12-11-25-9-3-4-10-25)20(29)30-19-17-16(22-7-8-23-17)18(28)27(19)15-6-5-14(21)13-24-15/h5-8,13,19H,2-4,9-12H2,1H3. The second kappa shape index (κ2) is 8.93. The molecule has 30 heavy (non-hydrogen) atoms. The Morgan fingerprint density at radius 2 is 2.00 bits per heavy atom. The van der Waals surface area contributed by atoms with Crippen LogP contribution < -0.4 is 4.90 Å². The van der Waals surface area contributed by atoms with Gasteiger partial charge in [0.15, 0.2) is 5.69 Å². The van der Waals surface area contributed by atoms with Crippen molar-refractivity contribution in [1.82, 2.24) is 24.8 Å². The molecule has 0 N–H and O–H groups in total. The second-order valence-electron chi connectivity index (χ2n) is 7.16. The molecule has 10 heteroatoms. The predicted molar refractivity (Wildman–Crippen MR) is 110 cm³/mol. The molecule has 4 rings (SSSR count). The van der Waals surface area contributed by atoms with Gasteiger partial charge in [0, 0.05) is 38.2 Å². The van der Waals surface area contributed by atoms with Gasteiger partial charge in [0.1, 0.15) is 11.5 Å². The van der Waals surface area contributed by atoms with Crippen LogP contribution >= 0.6 is 11.6 Å². The number of anilines is 1. The second-order valence-corrected chi connectivity index (χ2v) is 7.60. The summed E-state index contributed by atoms with van der Waals surface area (Å²) in [6.07, 6.45) is 5.18. The average molecular weight is 431 g/mol. The Bertz CT molecular complexity index is 919. The van der Waals surface area contributed by atoms with Gasteiger partial charge < -0.3 is 14.5 Å². The maximum Gasteiger partial charge on any atom is 0.412 e. The molecule has 2 amide bonds. The highest BCUT2D eigenvalue weighted by atomic mass is 35.5. The van der Waals surface area contributed by atoms with Crippen LogP contribution in [0.2, 0.25) is 5.02 Å². The molecule has 2 aliphatic rings. The van der Waals surface area contributed by atoms with Crippen molar-refractivity contribution in [3.63, 3.8) is 0 Å². The molecule has 158 valence electrons. The van der Waals surface area contributed by atoms with Gasteiger partial charge in [-0.1, -0.05) is 11.6 Å². The summed E-state index contributed by atoms with van der Waals surface area (Å²) in [5, 5.41) is 0.437. The van der Waals surface area contributed by atoms with Crippen LogP contribution in [0.3, 0.4) is 0 Å². The summed E-state index contributed by atoms with van der Waals surface area (Å²) in [6.45, 7) is 5.87. The van der Waals surface area contributed by atoms with E-state index in [2.05, 4.69) is 19.9 Å². The molecule has 0 saturated carbocycles. The van der Waals surface area contributed by atoms with E-state index in [9.17, 15) is 9.59 Å². The number of halogens is 1. The molecule has 0 bridgehead atoms. The molecule has 0 spiro atoms. The molecule has 9 nitrogen and oxygen atoms in total. The number of hydrogen-bond acceptors (Lipinski definition) is 7. The largest absolute Gasteiger partial charge is 0.419 e. The molecule has 1 atom stereocenters. The summed E-state index contributed by atoms with van der Waals surface area (Å²) in [7, 11) is 0. The Morgan fingerprint density at radius 1 is 1.23 bits per heavy atom. The summed E-state index contributed by atoms with van der Waals surface area (Å²) in [5.74, 6) is -0.118. The van der Waals surface area contributed by atoms with Crippen LogP contribution in [0.1, 0.15) is 42.2 Å². The van der Waals surface area contributed by atoms with Gasteiger partial charge in [0.05, 0.1) is 5.02 Å². The van der Waals surface area contributed by atoms with Crippen LogP contribution in [0.15, 0.2) is 30.7 Å². The van der Waals surface area contributed by atoms with E-state index in [0.29, 0.717) is 29.6 Å². The van der Waals surface area contributed by atoms with E-state index in [0.717, 1.165) is 19.6 Å². The Labute approximate surface area is 179 Å². The Hall–Kier alpha value is -2.78. The number of likely N-dealkylation sites (N-methyl/N-ethyl adjacent to an activating group) is 1. The fraction of sp³-hybridized carbons (Fsp3) is 0.450. The summed E-state index contributed by atoms with van der Waals surface area (Å²) in [6, 6.07) is 3.21. The van der Waals surface area contributed by atoms with Crippen LogP contribution in [-0.2, 0) is 4.74 Å². The maximum absolute atomic E-state index is 13.0. The molecule has 4 heterocycles. The third kappa shape index (κ3) is 4.08. The number of fused-ring (bicyclic) bond motifs is 1. The molecule has 0 aromatic carbocycles. The fourth-order valence-corrected chi connectivity index (χ4v) is 3.81. The van der Waals surface area contributed by atoms with Crippen LogP contribution in [0, 0.1) is 0 Å². The lowest BCUT2D eigenvalue weighted by atomic mass is 10.3. The number of ether oxygens (including phenoxy) is 1. The Morgan fingerprint density at radius 3 is 2.70 bits per heavy atom. The van der Waals surface area contributed by atoms with Crippen molar-refractivity contribution in [2.45, 2.75) is 26.0 Å². The van der Waals surface area contributed by atoms with Crippen molar-refractivity contribution >= 4 is 29.4 Å². The van der Waals surface area contributed by atoms with Gasteiger partial charge >= 0.3 is 6.09 Å². The molecule has 2 aromatic heterocycles. The minimum absolute atomic E-state index is 0.146. The zero-order valence-electron chi connectivity index (χ0n) is 16.7. The van der Waals surface area contributed by atoms with Crippen LogP contribution in [0.25, 0.3) is 0 Å². The number of likely N-dealkylation sites (tertiary alicyclic amines) is 1. The van der Waals surface area contributed by atoms with Crippen molar-refractivity contribution in [2.75, 3.05) is 37.6 Å². The van der Waals surface area contributed by atoms with Gasteiger partial charge in [-0.3, -0.25) is 9.78 Å². The summed E-state index contributed by atoms with van der Waals surface area (Å²) < 4.78 is 5.77. The zero-order valence-corrected chi connectivity index (χ0v) is 17.5. The van der Waals surface area contributed by atoms with Crippen molar-refractivity contribution in [3.8, 4) is 0 Å². The van der Waals surface area contributed by atoms with Gasteiger partial charge in [-0.2, -0.15) is 0 Å². The first-order chi connectivity index (χ1) is 14.6. The lowest BCUT2D eigenvalue weighted by Crippen LogP contribution is -2.40. The summed E-state index contributed by atoms with van der Waals surface area (Å²) in [5.41, 5.74) is 0.440. The highest BCUT2D eigenvalue weighted by molar-refractivity contribution is 6.30. The fourth-order valence-electron chi connectivity index (χ4n) is 3.70. The number of hydrogen-bond donors (Lipinski definition) is 0. The monoisotopic (exact) mass is 430 g/mol. The number of nitrogens with zero attached hydrogens (tertiary/aromatic N) is 6. The quantitative estimate of drug-likeness (QED) is 0.695. The highest BCUT2D eigenvalue weighted by Gasteiger charge is 2.44. The highest BCUT2D eigenvalue weighted by Crippen LogP contribution is 2.35. The number of carbonyl (C=O) groups is 2. The number of rotatable bonds is 6. The molecular formula is C20H23ClN6O3. The Kier molecular flexibility index (Phi) is 6.10. The van der Waals surface area contributed by atoms with E-state index < -0.39 is 18.2 Å². The summed E-state index contributed by atoms with van der Waals surface area (Å²) >= 11 is 5.93. The van der Waals surface area contributed by atoms with Crippen molar-refractivity contribution in [2.24, 2.45) is 0 Å².